The fraction of sp³-hybridized carbons (Fsp3) is 0.571. The maximum Gasteiger partial charge on any atom is 0.242 e. The predicted molar refractivity (Wildman–Crippen MR) is 80.0 cm³/mol. The Morgan fingerprint density at radius 2 is 1.80 bits per heavy atom. The van der Waals surface area contributed by atoms with E-state index in [9.17, 15) is 13.5 Å². The number of aliphatic hydroxyl groups is 1. The van der Waals surface area contributed by atoms with Gasteiger partial charge in [0.1, 0.15) is 0 Å². The summed E-state index contributed by atoms with van der Waals surface area (Å²) in [4.78, 5) is 0.285. The number of hydrogen-bond donors (Lipinski definition) is 2. The fourth-order valence-corrected chi connectivity index (χ4v) is 2.79. The lowest BCUT2D eigenvalue weighted by atomic mass is 10.1. The largest absolute Gasteiger partial charge is 0.395 e. The van der Waals surface area contributed by atoms with Crippen LogP contribution < -0.4 is 5.32 Å². The maximum atomic E-state index is 12.0. The second kappa shape index (κ2) is 7.17. The van der Waals surface area contributed by atoms with Gasteiger partial charge in [-0.25, -0.2) is 12.7 Å². The van der Waals surface area contributed by atoms with Crippen LogP contribution in [0.4, 0.5) is 0 Å². The van der Waals surface area contributed by atoms with Gasteiger partial charge in [0.15, 0.2) is 0 Å². The molecular weight excluding hydrogens is 276 g/mol. The summed E-state index contributed by atoms with van der Waals surface area (Å²) in [6.45, 7) is 4.09. The standard InChI is InChI=1S/C14H24N2O3S/c1-5-13(10-17)15-11(2)12-6-8-14(9-7-12)20(18,19)16(3)4/h6-9,11,13,15,17H,5,10H2,1-4H3/t11?,13-/m0/s1. The predicted octanol–water partition coefficient (Wildman–Crippen LogP) is 1.36. The van der Waals surface area contributed by atoms with Gasteiger partial charge in [-0.05, 0) is 31.0 Å². The molecule has 6 heteroatoms. The first kappa shape index (κ1) is 17.1. The molecular formula is C14H24N2O3S. The summed E-state index contributed by atoms with van der Waals surface area (Å²) in [6.07, 6.45) is 0.841. The molecule has 2 N–H and O–H groups in total. The van der Waals surface area contributed by atoms with Crippen molar-refractivity contribution in [1.82, 2.24) is 9.62 Å². The number of aliphatic hydroxyl groups excluding tert-OH is 1. The van der Waals surface area contributed by atoms with Crippen LogP contribution in [0, 0.1) is 0 Å². The van der Waals surface area contributed by atoms with Crippen LogP contribution in [0.2, 0.25) is 0 Å². The molecule has 2 atom stereocenters. The van der Waals surface area contributed by atoms with Crippen LogP contribution in [0.1, 0.15) is 31.9 Å². The van der Waals surface area contributed by atoms with Crippen molar-refractivity contribution in [2.45, 2.75) is 37.2 Å². The molecule has 0 spiro atoms. The molecule has 0 aliphatic heterocycles. The van der Waals surface area contributed by atoms with Crippen molar-refractivity contribution in [2.75, 3.05) is 20.7 Å². The molecule has 0 radical (unpaired) electrons. The van der Waals surface area contributed by atoms with E-state index >= 15 is 0 Å². The van der Waals surface area contributed by atoms with Gasteiger partial charge < -0.3 is 10.4 Å². The van der Waals surface area contributed by atoms with Gasteiger partial charge in [-0.3, -0.25) is 0 Å². The second-order valence-corrected chi connectivity index (χ2v) is 7.18. The van der Waals surface area contributed by atoms with E-state index in [-0.39, 0.29) is 23.6 Å². The highest BCUT2D eigenvalue weighted by Gasteiger charge is 2.17. The van der Waals surface area contributed by atoms with Crippen LogP contribution in [-0.4, -0.2) is 44.6 Å². The quantitative estimate of drug-likeness (QED) is 0.798. The molecule has 1 unspecified atom stereocenters. The summed E-state index contributed by atoms with van der Waals surface area (Å²) >= 11 is 0. The van der Waals surface area contributed by atoms with Gasteiger partial charge in [-0.2, -0.15) is 0 Å². The Morgan fingerprint density at radius 3 is 2.20 bits per heavy atom. The van der Waals surface area contributed by atoms with E-state index in [1.54, 1.807) is 24.3 Å². The Balaban J connectivity index is 2.86. The van der Waals surface area contributed by atoms with Crippen molar-refractivity contribution in [3.05, 3.63) is 29.8 Å². The lowest BCUT2D eigenvalue weighted by molar-refractivity contribution is 0.230. The molecule has 1 aromatic rings. The van der Waals surface area contributed by atoms with Crippen molar-refractivity contribution in [3.63, 3.8) is 0 Å². The van der Waals surface area contributed by atoms with E-state index in [2.05, 4.69) is 5.32 Å². The highest BCUT2D eigenvalue weighted by atomic mass is 32.2. The van der Waals surface area contributed by atoms with Crippen molar-refractivity contribution in [1.29, 1.82) is 0 Å². The fourth-order valence-electron chi connectivity index (χ4n) is 1.89. The van der Waals surface area contributed by atoms with E-state index in [1.165, 1.54) is 18.4 Å². The third kappa shape index (κ3) is 4.02. The van der Waals surface area contributed by atoms with Crippen molar-refractivity contribution < 1.29 is 13.5 Å². The molecule has 0 fully saturated rings. The van der Waals surface area contributed by atoms with Gasteiger partial charge in [-0.1, -0.05) is 19.1 Å². The molecule has 0 aliphatic rings. The van der Waals surface area contributed by atoms with Gasteiger partial charge in [0.25, 0.3) is 0 Å². The monoisotopic (exact) mass is 300 g/mol. The second-order valence-electron chi connectivity index (χ2n) is 5.03. The summed E-state index contributed by atoms with van der Waals surface area (Å²) in [5, 5.41) is 12.5. The smallest absolute Gasteiger partial charge is 0.242 e. The molecule has 0 saturated heterocycles. The highest BCUT2D eigenvalue weighted by molar-refractivity contribution is 7.89. The Hall–Kier alpha value is -0.950. The van der Waals surface area contributed by atoms with Gasteiger partial charge in [0.05, 0.1) is 11.5 Å². The number of rotatable bonds is 7. The van der Waals surface area contributed by atoms with Gasteiger partial charge >= 0.3 is 0 Å². The number of sulfonamides is 1. The number of nitrogens with one attached hydrogen (secondary N) is 1. The van der Waals surface area contributed by atoms with Crippen LogP contribution in [0.5, 0.6) is 0 Å². The molecule has 0 bridgehead atoms. The molecule has 114 valence electrons. The number of nitrogens with zero attached hydrogens (tertiary/aromatic N) is 1. The summed E-state index contributed by atoms with van der Waals surface area (Å²) in [5.41, 5.74) is 0.995. The number of hydrogen-bond acceptors (Lipinski definition) is 4. The van der Waals surface area contributed by atoms with Crippen molar-refractivity contribution in [2.24, 2.45) is 0 Å². The molecule has 0 amide bonds. The molecule has 5 nitrogen and oxygen atoms in total. The third-order valence-corrected chi connectivity index (χ3v) is 5.19. The summed E-state index contributed by atoms with van der Waals surface area (Å²) in [6, 6.07) is 6.94. The first-order chi connectivity index (χ1) is 9.32. The van der Waals surface area contributed by atoms with Crippen LogP contribution in [-0.2, 0) is 10.0 Å². The van der Waals surface area contributed by atoms with Crippen LogP contribution in [0.25, 0.3) is 0 Å². The number of benzene rings is 1. The minimum absolute atomic E-state index is 0.0511. The third-order valence-electron chi connectivity index (χ3n) is 3.36. The zero-order valence-electron chi connectivity index (χ0n) is 12.5. The molecule has 0 aromatic heterocycles. The minimum Gasteiger partial charge on any atom is -0.395 e. The van der Waals surface area contributed by atoms with Crippen molar-refractivity contribution in [3.8, 4) is 0 Å². The summed E-state index contributed by atoms with van der Waals surface area (Å²) in [7, 11) is -0.350. The van der Waals surface area contributed by atoms with E-state index in [0.717, 1.165) is 12.0 Å². The van der Waals surface area contributed by atoms with Gasteiger partial charge in [-0.15, -0.1) is 0 Å². The Morgan fingerprint density at radius 1 is 1.25 bits per heavy atom. The average Bonchev–Trinajstić information content (AvgIpc) is 2.44. The Bertz CT molecular complexity index is 508. The topological polar surface area (TPSA) is 69.6 Å². The SMILES string of the molecule is CC[C@@H](CO)NC(C)c1ccc(S(=O)(=O)N(C)C)cc1. The van der Waals surface area contributed by atoms with Crippen LogP contribution in [0.15, 0.2) is 29.2 Å². The van der Waals surface area contributed by atoms with Gasteiger partial charge in [0.2, 0.25) is 10.0 Å². The summed E-state index contributed by atoms with van der Waals surface area (Å²) in [5.74, 6) is 0. The highest BCUT2D eigenvalue weighted by Crippen LogP contribution is 2.18. The van der Waals surface area contributed by atoms with Gasteiger partial charge in [0, 0.05) is 26.2 Å². The zero-order valence-corrected chi connectivity index (χ0v) is 13.3. The first-order valence-electron chi connectivity index (χ1n) is 6.72. The average molecular weight is 300 g/mol. The molecule has 0 heterocycles. The van der Waals surface area contributed by atoms with Crippen LogP contribution >= 0.6 is 0 Å². The maximum absolute atomic E-state index is 12.0. The van der Waals surface area contributed by atoms with E-state index in [4.69, 9.17) is 0 Å². The minimum atomic E-state index is -3.38. The Kier molecular flexibility index (Phi) is 6.13. The van der Waals surface area contributed by atoms with E-state index in [1.807, 2.05) is 13.8 Å². The first-order valence-corrected chi connectivity index (χ1v) is 8.16. The lowest BCUT2D eigenvalue weighted by Crippen LogP contribution is -2.33. The normalized spacial score (nSPS) is 15.3. The van der Waals surface area contributed by atoms with Crippen LogP contribution in [0.3, 0.4) is 0 Å². The molecule has 1 aromatic carbocycles. The summed E-state index contributed by atoms with van der Waals surface area (Å²) < 4.78 is 25.1. The molecule has 1 rings (SSSR count). The molecule has 0 aliphatic carbocycles. The van der Waals surface area contributed by atoms with Crippen molar-refractivity contribution >= 4 is 10.0 Å². The zero-order chi connectivity index (χ0) is 15.3. The van der Waals surface area contributed by atoms with E-state index in [0.29, 0.717) is 0 Å². The molecule has 20 heavy (non-hydrogen) atoms. The molecule has 0 saturated carbocycles. The van der Waals surface area contributed by atoms with E-state index < -0.39 is 10.0 Å². The Labute approximate surface area is 121 Å². The lowest BCUT2D eigenvalue weighted by Gasteiger charge is -2.21.